The zero-order valence-electron chi connectivity index (χ0n) is 30.4. The summed E-state index contributed by atoms with van der Waals surface area (Å²) >= 11 is 6.84. The van der Waals surface area contributed by atoms with E-state index in [1.165, 1.54) is 6.20 Å². The van der Waals surface area contributed by atoms with Crippen LogP contribution in [0.15, 0.2) is 67.0 Å². The maximum Gasteiger partial charge on any atom is 0.320 e. The van der Waals surface area contributed by atoms with E-state index in [2.05, 4.69) is 48.0 Å². The number of carbonyl (C=O) groups is 1. The number of piperidine rings is 1. The van der Waals surface area contributed by atoms with E-state index in [0.717, 1.165) is 90.0 Å². The van der Waals surface area contributed by atoms with Gasteiger partial charge in [0.25, 0.3) is 0 Å². The fourth-order valence-corrected chi connectivity index (χ4v) is 7.46. The second-order valence-corrected chi connectivity index (χ2v) is 14.4. The highest BCUT2D eigenvalue weighted by molar-refractivity contribution is 6.32. The summed E-state index contributed by atoms with van der Waals surface area (Å²) in [6.07, 6.45) is 7.10. The van der Waals surface area contributed by atoms with Crippen molar-refractivity contribution < 1.29 is 29.2 Å². The summed E-state index contributed by atoms with van der Waals surface area (Å²) < 4.78 is 18.7. The molecule has 2 atom stereocenters. The summed E-state index contributed by atoms with van der Waals surface area (Å²) in [5, 5.41) is 29.4. The van der Waals surface area contributed by atoms with Crippen LogP contribution in [0.2, 0.25) is 5.02 Å². The van der Waals surface area contributed by atoms with Gasteiger partial charge in [0.2, 0.25) is 0 Å². The predicted molar refractivity (Wildman–Crippen MR) is 203 cm³/mol. The van der Waals surface area contributed by atoms with E-state index in [4.69, 9.17) is 25.8 Å². The summed E-state index contributed by atoms with van der Waals surface area (Å²) in [7, 11) is 0. The fraction of sp³-hybridized carbons (Fsp3) is 0.405. The maximum atomic E-state index is 12.1. The van der Waals surface area contributed by atoms with Gasteiger partial charge in [-0.15, -0.1) is 0 Å². The number of aromatic nitrogens is 1. The largest absolute Gasteiger partial charge is 0.494 e. The molecule has 3 heterocycles. The molecular weight excluding hydrogens is 692 g/mol. The number of nitriles is 1. The van der Waals surface area contributed by atoms with Crippen LogP contribution in [0.5, 0.6) is 17.2 Å². The number of nitrogens with zero attached hydrogens (tertiary/aromatic N) is 4. The van der Waals surface area contributed by atoms with Crippen molar-refractivity contribution in [1.82, 2.24) is 14.8 Å². The van der Waals surface area contributed by atoms with Gasteiger partial charge in [-0.3, -0.25) is 14.7 Å². The molecule has 6 rings (SSSR count). The van der Waals surface area contributed by atoms with Crippen LogP contribution in [-0.4, -0.2) is 75.9 Å². The van der Waals surface area contributed by atoms with Crippen molar-refractivity contribution in [3.8, 4) is 34.4 Å². The zero-order chi connectivity index (χ0) is 37.3. The van der Waals surface area contributed by atoms with Gasteiger partial charge in [0.1, 0.15) is 42.6 Å². The molecule has 1 aromatic heterocycles. The number of aryl methyl sites for hydroxylation is 1. The van der Waals surface area contributed by atoms with Crippen molar-refractivity contribution in [2.45, 2.75) is 77.9 Å². The van der Waals surface area contributed by atoms with E-state index >= 15 is 0 Å². The summed E-state index contributed by atoms with van der Waals surface area (Å²) in [4.78, 5) is 20.4. The number of β-amino-alcohol motifs (C(OH)–C–C–N with tert-alkyl or cyclic N) is 1. The molecule has 2 aliphatic rings. The smallest absolute Gasteiger partial charge is 0.320 e. The standard InChI is InChI=1S/C42H47ClN4O6/c1-28-17-35(51-16-6-13-46-15-12-34(48)25-46)10-11-36(28)37-8-5-7-32(29(37)2)27-53-41-20-40(52-26-31-18-30(21-44)22-45-23-31)33(19-38(41)43)24-47-14-4-3-9-39(47)42(49)50/h5,7-8,10-11,17-20,22-23,34,39,48H,3-4,6,9,12-16,24-27H2,1-2H3,(H,49,50). The topological polar surface area (TPSA) is 128 Å². The number of rotatable bonds is 15. The summed E-state index contributed by atoms with van der Waals surface area (Å²) in [6, 6.07) is 19.2. The highest BCUT2D eigenvalue weighted by Gasteiger charge is 2.29. The van der Waals surface area contributed by atoms with Crippen molar-refractivity contribution in [3.63, 3.8) is 0 Å². The van der Waals surface area contributed by atoms with Crippen molar-refractivity contribution in [3.05, 3.63) is 105 Å². The van der Waals surface area contributed by atoms with Crippen LogP contribution in [0.25, 0.3) is 11.1 Å². The first-order valence-electron chi connectivity index (χ1n) is 18.3. The van der Waals surface area contributed by atoms with Crippen LogP contribution in [0, 0.1) is 25.2 Å². The van der Waals surface area contributed by atoms with Gasteiger partial charge in [0.05, 0.1) is 23.3 Å². The summed E-state index contributed by atoms with van der Waals surface area (Å²) in [5.41, 5.74) is 7.37. The van der Waals surface area contributed by atoms with Gasteiger partial charge in [0, 0.05) is 55.8 Å². The minimum atomic E-state index is -0.833. The lowest BCUT2D eigenvalue weighted by Crippen LogP contribution is -2.44. The first kappa shape index (κ1) is 38.1. The maximum absolute atomic E-state index is 12.1. The molecule has 53 heavy (non-hydrogen) atoms. The number of ether oxygens (including phenoxy) is 3. The number of pyridine rings is 1. The number of carboxylic acids is 1. The molecule has 0 bridgehead atoms. The fourth-order valence-electron chi connectivity index (χ4n) is 7.22. The number of aliphatic hydroxyl groups excluding tert-OH is 1. The van der Waals surface area contributed by atoms with Crippen LogP contribution in [0.1, 0.15) is 65.5 Å². The lowest BCUT2D eigenvalue weighted by Gasteiger charge is -2.33. The monoisotopic (exact) mass is 738 g/mol. The predicted octanol–water partition coefficient (Wildman–Crippen LogP) is 7.32. The number of hydrogen-bond donors (Lipinski definition) is 2. The molecule has 3 aromatic carbocycles. The zero-order valence-corrected chi connectivity index (χ0v) is 31.1. The number of aliphatic hydroxyl groups is 1. The van der Waals surface area contributed by atoms with Gasteiger partial charge >= 0.3 is 5.97 Å². The van der Waals surface area contributed by atoms with Gasteiger partial charge < -0.3 is 29.3 Å². The molecule has 10 nitrogen and oxygen atoms in total. The highest BCUT2D eigenvalue weighted by Crippen LogP contribution is 2.37. The Morgan fingerprint density at radius 3 is 2.58 bits per heavy atom. The molecule has 4 aromatic rings. The van der Waals surface area contributed by atoms with Crippen LogP contribution < -0.4 is 14.2 Å². The van der Waals surface area contributed by atoms with E-state index in [-0.39, 0.29) is 19.3 Å². The number of likely N-dealkylation sites (tertiary alicyclic amines) is 2. The number of aliphatic carboxylic acids is 1. The van der Waals surface area contributed by atoms with Crippen molar-refractivity contribution in [1.29, 1.82) is 5.26 Å². The van der Waals surface area contributed by atoms with E-state index < -0.39 is 12.0 Å². The van der Waals surface area contributed by atoms with Gasteiger partial charge in [-0.25, -0.2) is 0 Å². The Balaban J connectivity index is 1.16. The molecule has 2 N–H and O–H groups in total. The lowest BCUT2D eigenvalue weighted by molar-refractivity contribution is -0.144. The average molecular weight is 739 g/mol. The van der Waals surface area contributed by atoms with E-state index in [0.29, 0.717) is 48.2 Å². The van der Waals surface area contributed by atoms with Crippen molar-refractivity contribution >= 4 is 17.6 Å². The summed E-state index contributed by atoms with van der Waals surface area (Å²) in [5.74, 6) is 0.986. The Kier molecular flexibility index (Phi) is 12.9. The SMILES string of the molecule is Cc1cc(OCCCN2CCC(O)C2)ccc1-c1cccc(COc2cc(OCc3cncc(C#N)c3)c(CN3CCCCC3C(=O)O)cc2Cl)c1C. The van der Waals surface area contributed by atoms with E-state index in [1.54, 1.807) is 24.4 Å². The molecule has 0 spiro atoms. The number of hydrogen-bond acceptors (Lipinski definition) is 9. The molecule has 2 unspecified atom stereocenters. The first-order chi connectivity index (χ1) is 25.7. The number of benzene rings is 3. The summed E-state index contributed by atoms with van der Waals surface area (Å²) in [6.45, 7) is 8.88. The third kappa shape index (κ3) is 9.86. The van der Waals surface area contributed by atoms with Gasteiger partial charge in [-0.05, 0) is 98.2 Å². The third-order valence-electron chi connectivity index (χ3n) is 10.2. The van der Waals surface area contributed by atoms with Crippen molar-refractivity contribution in [2.24, 2.45) is 0 Å². The molecule has 2 saturated heterocycles. The molecule has 0 radical (unpaired) electrons. The molecule has 0 amide bonds. The Morgan fingerprint density at radius 1 is 0.962 bits per heavy atom. The molecule has 278 valence electrons. The van der Waals surface area contributed by atoms with E-state index in [9.17, 15) is 20.3 Å². The Bertz CT molecular complexity index is 1950. The van der Waals surface area contributed by atoms with Crippen LogP contribution in [0.3, 0.4) is 0 Å². The molecule has 11 heteroatoms. The average Bonchev–Trinajstić information content (AvgIpc) is 3.58. The third-order valence-corrected chi connectivity index (χ3v) is 10.5. The number of halogens is 1. The second-order valence-electron chi connectivity index (χ2n) is 14.0. The minimum absolute atomic E-state index is 0.160. The molecular formula is C42H47ClN4O6. The van der Waals surface area contributed by atoms with Gasteiger partial charge in [0.15, 0.2) is 0 Å². The molecule has 2 aliphatic heterocycles. The molecule has 0 saturated carbocycles. The van der Waals surface area contributed by atoms with Crippen LogP contribution in [-0.2, 0) is 24.6 Å². The normalized spacial score (nSPS) is 17.7. The van der Waals surface area contributed by atoms with Gasteiger partial charge in [-0.2, -0.15) is 5.26 Å². The minimum Gasteiger partial charge on any atom is -0.494 e. The quantitative estimate of drug-likeness (QED) is 0.120. The number of carboxylic acid groups (broad SMARTS) is 1. The molecule has 0 aliphatic carbocycles. The Hall–Kier alpha value is -4.66. The first-order valence-corrected chi connectivity index (χ1v) is 18.7. The van der Waals surface area contributed by atoms with Crippen LogP contribution >= 0.6 is 11.6 Å². The highest BCUT2D eigenvalue weighted by atomic mass is 35.5. The van der Waals surface area contributed by atoms with Crippen molar-refractivity contribution in [2.75, 3.05) is 32.8 Å². The Labute approximate surface area is 316 Å². The molecule has 2 fully saturated rings. The van der Waals surface area contributed by atoms with Crippen LogP contribution in [0.4, 0.5) is 0 Å². The van der Waals surface area contributed by atoms with E-state index in [1.807, 2.05) is 23.1 Å². The van der Waals surface area contributed by atoms with Gasteiger partial charge in [-0.1, -0.05) is 42.3 Å². The second kappa shape index (κ2) is 17.9. The lowest BCUT2D eigenvalue weighted by atomic mass is 9.93. The Morgan fingerprint density at radius 2 is 1.81 bits per heavy atom.